The van der Waals surface area contributed by atoms with E-state index in [4.69, 9.17) is 23.7 Å². The van der Waals surface area contributed by atoms with Crippen LogP contribution in [0.15, 0.2) is 12.1 Å². The number of rotatable bonds is 16. The van der Waals surface area contributed by atoms with Crippen molar-refractivity contribution in [1.82, 2.24) is 0 Å². The van der Waals surface area contributed by atoms with Gasteiger partial charge in [0.1, 0.15) is 0 Å². The van der Waals surface area contributed by atoms with Gasteiger partial charge in [-0.15, -0.1) is 0 Å². The minimum atomic E-state index is -0.409. The second kappa shape index (κ2) is 15.4. The van der Waals surface area contributed by atoms with Crippen molar-refractivity contribution in [2.75, 3.05) is 26.4 Å². The molecular weight excluding hydrogens is 396 g/mol. The average Bonchev–Trinajstić information content (AvgIpc) is 2.77. The maximum Gasteiger partial charge on any atom is 0.331 e. The zero-order valence-electron chi connectivity index (χ0n) is 20.1. The molecule has 0 amide bonds. The molecule has 6 nitrogen and oxygen atoms in total. The lowest BCUT2D eigenvalue weighted by Crippen LogP contribution is -2.11. The quantitative estimate of drug-likeness (QED) is 0.227. The third kappa shape index (κ3) is 9.11. The first-order valence-corrected chi connectivity index (χ1v) is 11.6. The van der Waals surface area contributed by atoms with E-state index < -0.39 is 5.97 Å². The van der Waals surface area contributed by atoms with Crippen LogP contribution >= 0.6 is 0 Å². The summed E-state index contributed by atoms with van der Waals surface area (Å²) in [5.74, 6) is 1.87. The van der Waals surface area contributed by atoms with Crippen molar-refractivity contribution < 1.29 is 28.5 Å². The molecule has 0 aliphatic rings. The smallest absolute Gasteiger partial charge is 0.331 e. The van der Waals surface area contributed by atoms with Crippen LogP contribution in [0.3, 0.4) is 0 Å². The molecule has 176 valence electrons. The number of benzene rings is 1. The Bertz CT molecular complexity index is 645. The SMILES string of the molecule is CCCOc1cc(OCCC)c(OCCC)c(C=CC(=O)OC(C)CC)c1OCCC. The molecule has 0 aromatic heterocycles. The minimum absolute atomic E-state index is 0.147. The lowest BCUT2D eigenvalue weighted by molar-refractivity contribution is -0.142. The summed E-state index contributed by atoms with van der Waals surface area (Å²) in [4.78, 5) is 12.3. The van der Waals surface area contributed by atoms with Crippen LogP contribution in [0.5, 0.6) is 23.0 Å². The van der Waals surface area contributed by atoms with E-state index in [0.29, 0.717) is 55.0 Å². The second-order valence-electron chi connectivity index (χ2n) is 7.33. The summed E-state index contributed by atoms with van der Waals surface area (Å²) in [5.41, 5.74) is 0.628. The normalized spacial score (nSPS) is 11.9. The van der Waals surface area contributed by atoms with Crippen LogP contribution in [0.2, 0.25) is 0 Å². The summed E-state index contributed by atoms with van der Waals surface area (Å²) in [6, 6.07) is 1.83. The van der Waals surface area contributed by atoms with Gasteiger partial charge >= 0.3 is 5.97 Å². The highest BCUT2D eigenvalue weighted by molar-refractivity contribution is 5.89. The molecule has 0 aliphatic carbocycles. The van der Waals surface area contributed by atoms with Crippen molar-refractivity contribution in [2.45, 2.75) is 79.8 Å². The van der Waals surface area contributed by atoms with E-state index in [1.54, 1.807) is 6.08 Å². The number of ether oxygens (including phenoxy) is 5. The van der Waals surface area contributed by atoms with E-state index in [0.717, 1.165) is 32.1 Å². The van der Waals surface area contributed by atoms with Crippen LogP contribution in [0.1, 0.15) is 79.2 Å². The molecule has 0 N–H and O–H groups in total. The van der Waals surface area contributed by atoms with E-state index in [1.165, 1.54) is 6.08 Å². The first-order chi connectivity index (χ1) is 15.0. The first kappa shape index (κ1) is 26.7. The topological polar surface area (TPSA) is 63.2 Å². The van der Waals surface area contributed by atoms with E-state index in [2.05, 4.69) is 0 Å². The van der Waals surface area contributed by atoms with Gasteiger partial charge in [-0.1, -0.05) is 34.6 Å². The molecule has 31 heavy (non-hydrogen) atoms. The van der Waals surface area contributed by atoms with Crippen LogP contribution in [0.25, 0.3) is 6.08 Å². The molecule has 0 fully saturated rings. The Morgan fingerprint density at radius 3 is 1.68 bits per heavy atom. The van der Waals surface area contributed by atoms with E-state index in [1.807, 2.05) is 47.6 Å². The van der Waals surface area contributed by atoms with Crippen LogP contribution < -0.4 is 18.9 Å². The van der Waals surface area contributed by atoms with Crippen molar-refractivity contribution in [3.63, 3.8) is 0 Å². The van der Waals surface area contributed by atoms with E-state index in [9.17, 15) is 4.79 Å². The number of carbonyl (C=O) groups excluding carboxylic acids is 1. The van der Waals surface area contributed by atoms with Crippen molar-refractivity contribution in [2.24, 2.45) is 0 Å². The molecule has 1 aromatic carbocycles. The minimum Gasteiger partial charge on any atom is -0.490 e. The summed E-state index contributed by atoms with van der Waals surface area (Å²) in [6.07, 6.45) is 7.09. The molecule has 0 heterocycles. The summed E-state index contributed by atoms with van der Waals surface area (Å²) in [5, 5.41) is 0. The fraction of sp³-hybridized carbons (Fsp3) is 0.640. The molecule has 0 saturated carbocycles. The third-order valence-corrected chi connectivity index (χ3v) is 4.30. The predicted molar refractivity (Wildman–Crippen MR) is 124 cm³/mol. The van der Waals surface area contributed by atoms with Gasteiger partial charge in [-0.05, 0) is 45.1 Å². The number of hydrogen-bond donors (Lipinski definition) is 0. The summed E-state index contributed by atoms with van der Waals surface area (Å²) in [7, 11) is 0. The van der Waals surface area contributed by atoms with Gasteiger partial charge in [0.15, 0.2) is 23.0 Å². The van der Waals surface area contributed by atoms with Gasteiger partial charge in [0, 0.05) is 12.1 Å². The fourth-order valence-corrected chi connectivity index (χ4v) is 2.59. The van der Waals surface area contributed by atoms with Crippen molar-refractivity contribution in [1.29, 1.82) is 0 Å². The predicted octanol–water partition coefficient (Wildman–Crippen LogP) is 6.20. The number of hydrogen-bond acceptors (Lipinski definition) is 6. The Morgan fingerprint density at radius 2 is 1.26 bits per heavy atom. The van der Waals surface area contributed by atoms with Gasteiger partial charge in [0.05, 0.1) is 38.1 Å². The van der Waals surface area contributed by atoms with Gasteiger partial charge in [0.2, 0.25) is 0 Å². The largest absolute Gasteiger partial charge is 0.490 e. The molecule has 0 bridgehead atoms. The van der Waals surface area contributed by atoms with Crippen molar-refractivity contribution >= 4 is 12.0 Å². The second-order valence-corrected chi connectivity index (χ2v) is 7.33. The van der Waals surface area contributed by atoms with Crippen LogP contribution in [-0.4, -0.2) is 38.5 Å². The maximum atomic E-state index is 12.3. The molecule has 0 saturated heterocycles. The molecule has 0 spiro atoms. The van der Waals surface area contributed by atoms with Crippen LogP contribution in [0, 0.1) is 0 Å². The molecule has 1 atom stereocenters. The maximum absolute atomic E-state index is 12.3. The highest BCUT2D eigenvalue weighted by Gasteiger charge is 2.22. The standard InChI is InChI=1S/C25H40O6/c1-7-14-27-21-18-22(28-15-8-2)25(30-17-10-4)20(24(21)29-16-9-3)12-13-23(26)31-19(6)11-5/h12-13,18-19H,7-11,14-17H2,1-6H3. The van der Waals surface area contributed by atoms with Gasteiger partial charge in [-0.2, -0.15) is 0 Å². The fourth-order valence-electron chi connectivity index (χ4n) is 2.59. The van der Waals surface area contributed by atoms with Crippen LogP contribution in [-0.2, 0) is 9.53 Å². The number of esters is 1. The Hall–Kier alpha value is -2.37. The van der Waals surface area contributed by atoms with Gasteiger partial charge in [0.25, 0.3) is 0 Å². The van der Waals surface area contributed by atoms with Crippen molar-refractivity contribution in [3.8, 4) is 23.0 Å². The zero-order valence-corrected chi connectivity index (χ0v) is 20.1. The molecule has 0 radical (unpaired) electrons. The first-order valence-electron chi connectivity index (χ1n) is 11.6. The van der Waals surface area contributed by atoms with Gasteiger partial charge in [-0.3, -0.25) is 0 Å². The molecule has 1 unspecified atom stereocenters. The Kier molecular flexibility index (Phi) is 13.3. The van der Waals surface area contributed by atoms with Gasteiger partial charge in [-0.25, -0.2) is 4.79 Å². The molecule has 1 rings (SSSR count). The molecule has 6 heteroatoms. The third-order valence-electron chi connectivity index (χ3n) is 4.30. The Labute approximate surface area is 187 Å². The van der Waals surface area contributed by atoms with E-state index >= 15 is 0 Å². The summed E-state index contributed by atoms with van der Waals surface area (Å²) in [6.45, 7) is 14.1. The summed E-state index contributed by atoms with van der Waals surface area (Å²) >= 11 is 0. The lowest BCUT2D eigenvalue weighted by Gasteiger charge is -2.21. The lowest BCUT2D eigenvalue weighted by atomic mass is 10.1. The Balaban J connectivity index is 3.53. The van der Waals surface area contributed by atoms with Gasteiger partial charge < -0.3 is 23.7 Å². The zero-order chi connectivity index (χ0) is 23.1. The monoisotopic (exact) mass is 436 g/mol. The molecular formula is C25H40O6. The molecule has 0 aliphatic heterocycles. The highest BCUT2D eigenvalue weighted by atomic mass is 16.5. The van der Waals surface area contributed by atoms with E-state index in [-0.39, 0.29) is 6.10 Å². The number of carbonyl (C=O) groups is 1. The van der Waals surface area contributed by atoms with Crippen LogP contribution in [0.4, 0.5) is 0 Å². The highest BCUT2D eigenvalue weighted by Crippen LogP contribution is 2.46. The Morgan fingerprint density at radius 1 is 0.806 bits per heavy atom. The summed E-state index contributed by atoms with van der Waals surface area (Å²) < 4.78 is 29.5. The van der Waals surface area contributed by atoms with Crippen molar-refractivity contribution in [3.05, 3.63) is 17.7 Å². The average molecular weight is 437 g/mol. The molecule has 1 aromatic rings.